The molecule has 0 saturated carbocycles. The summed E-state index contributed by atoms with van der Waals surface area (Å²) in [6.07, 6.45) is 3.25. The fourth-order valence-corrected chi connectivity index (χ4v) is 3.89. The Morgan fingerprint density at radius 1 is 1.09 bits per heavy atom. The summed E-state index contributed by atoms with van der Waals surface area (Å²) in [7, 11) is 3.15. The van der Waals surface area contributed by atoms with Crippen LogP contribution in [0.25, 0.3) is 17.5 Å². The lowest BCUT2D eigenvalue weighted by Crippen LogP contribution is -2.03. The molecule has 3 aromatic rings. The zero-order chi connectivity index (χ0) is 23.8. The van der Waals surface area contributed by atoms with Gasteiger partial charge < -0.3 is 23.9 Å². The third kappa shape index (κ3) is 5.95. The molecule has 0 spiro atoms. The molecule has 1 heterocycles. The number of rotatable bonds is 11. The second-order valence-electron chi connectivity index (χ2n) is 6.74. The van der Waals surface area contributed by atoms with E-state index in [2.05, 4.69) is 16.8 Å². The quantitative estimate of drug-likeness (QED) is 0.245. The monoisotopic (exact) mass is 467 g/mol. The fraction of sp³-hybridized carbons (Fsp3) is 0.208. The van der Waals surface area contributed by atoms with E-state index in [9.17, 15) is 9.90 Å². The molecule has 9 heteroatoms. The van der Waals surface area contributed by atoms with Crippen molar-refractivity contribution in [2.24, 2.45) is 0 Å². The zero-order valence-electron chi connectivity index (χ0n) is 18.6. The Labute approximate surface area is 196 Å². The highest BCUT2D eigenvalue weighted by Crippen LogP contribution is 2.33. The zero-order valence-corrected chi connectivity index (χ0v) is 19.5. The first kappa shape index (κ1) is 23.9. The Morgan fingerprint density at radius 2 is 1.76 bits per heavy atom. The SMILES string of the molecule is C=CCOc1ccc(/C=C(\Sc2nnc(-c3cc(OC)cc(OC)c3)n2CC)C(=O)O)cc1. The number of aliphatic carboxylic acids is 1. The molecule has 0 radical (unpaired) electrons. The number of methoxy groups -OCH3 is 2. The minimum atomic E-state index is -1.05. The summed E-state index contributed by atoms with van der Waals surface area (Å²) >= 11 is 1.04. The van der Waals surface area contributed by atoms with Crippen molar-refractivity contribution in [3.63, 3.8) is 0 Å². The maximum Gasteiger partial charge on any atom is 0.342 e. The first-order valence-electron chi connectivity index (χ1n) is 10.1. The van der Waals surface area contributed by atoms with Crippen molar-refractivity contribution in [3.8, 4) is 28.6 Å². The number of carboxylic acid groups (broad SMARTS) is 1. The second-order valence-corrected chi connectivity index (χ2v) is 7.75. The summed E-state index contributed by atoms with van der Waals surface area (Å²) in [6, 6.07) is 12.6. The Balaban J connectivity index is 1.91. The van der Waals surface area contributed by atoms with E-state index in [1.807, 2.05) is 23.6 Å². The second kappa shape index (κ2) is 11.2. The molecule has 0 amide bonds. The Kier molecular flexibility index (Phi) is 8.15. The number of thioether (sulfide) groups is 1. The largest absolute Gasteiger partial charge is 0.497 e. The average Bonchev–Trinajstić information content (AvgIpc) is 3.25. The van der Waals surface area contributed by atoms with Gasteiger partial charge in [-0.3, -0.25) is 0 Å². The Bertz CT molecular complexity index is 1130. The van der Waals surface area contributed by atoms with E-state index in [1.54, 1.807) is 56.7 Å². The Morgan fingerprint density at radius 3 is 2.30 bits per heavy atom. The molecular formula is C24H25N3O5S. The molecular weight excluding hydrogens is 442 g/mol. The summed E-state index contributed by atoms with van der Waals surface area (Å²) < 4.78 is 18.0. The minimum Gasteiger partial charge on any atom is -0.497 e. The lowest BCUT2D eigenvalue weighted by atomic mass is 10.2. The summed E-state index contributed by atoms with van der Waals surface area (Å²) in [5, 5.41) is 18.8. The van der Waals surface area contributed by atoms with Crippen LogP contribution in [0.3, 0.4) is 0 Å². The van der Waals surface area contributed by atoms with Crippen LogP contribution in [-0.2, 0) is 11.3 Å². The smallest absolute Gasteiger partial charge is 0.342 e. The van der Waals surface area contributed by atoms with Crippen LogP contribution < -0.4 is 14.2 Å². The van der Waals surface area contributed by atoms with Gasteiger partial charge in [0.05, 0.1) is 14.2 Å². The van der Waals surface area contributed by atoms with E-state index in [-0.39, 0.29) is 4.91 Å². The number of hydrogen-bond acceptors (Lipinski definition) is 7. The summed E-state index contributed by atoms with van der Waals surface area (Å²) in [5.41, 5.74) is 1.48. The van der Waals surface area contributed by atoms with Gasteiger partial charge in [-0.1, -0.05) is 24.8 Å². The highest BCUT2D eigenvalue weighted by atomic mass is 32.2. The van der Waals surface area contributed by atoms with Crippen molar-refractivity contribution in [2.75, 3.05) is 20.8 Å². The molecule has 0 aliphatic heterocycles. The molecule has 1 aromatic heterocycles. The molecule has 0 unspecified atom stereocenters. The van der Waals surface area contributed by atoms with E-state index in [0.717, 1.165) is 22.9 Å². The molecule has 0 aliphatic carbocycles. The number of hydrogen-bond donors (Lipinski definition) is 1. The molecule has 1 N–H and O–H groups in total. The van der Waals surface area contributed by atoms with Crippen LogP contribution in [-0.4, -0.2) is 46.7 Å². The first-order chi connectivity index (χ1) is 16.0. The van der Waals surface area contributed by atoms with Crippen LogP contribution in [0.1, 0.15) is 12.5 Å². The fourth-order valence-electron chi connectivity index (χ4n) is 3.00. The number of ether oxygens (including phenoxy) is 3. The van der Waals surface area contributed by atoms with Gasteiger partial charge in [-0.05, 0) is 54.6 Å². The van der Waals surface area contributed by atoms with E-state index in [0.29, 0.717) is 41.4 Å². The van der Waals surface area contributed by atoms with Crippen molar-refractivity contribution >= 4 is 23.8 Å². The van der Waals surface area contributed by atoms with E-state index in [1.165, 1.54) is 0 Å². The van der Waals surface area contributed by atoms with Gasteiger partial charge in [0.2, 0.25) is 0 Å². The summed E-state index contributed by atoms with van der Waals surface area (Å²) in [4.78, 5) is 12.1. The highest BCUT2D eigenvalue weighted by Gasteiger charge is 2.19. The van der Waals surface area contributed by atoms with Gasteiger partial charge in [0.1, 0.15) is 28.8 Å². The molecule has 8 nitrogen and oxygen atoms in total. The van der Waals surface area contributed by atoms with Gasteiger partial charge in [-0.2, -0.15) is 0 Å². The molecule has 0 bridgehead atoms. The van der Waals surface area contributed by atoms with E-state index in [4.69, 9.17) is 14.2 Å². The lowest BCUT2D eigenvalue weighted by molar-refractivity contribution is -0.131. The average molecular weight is 468 g/mol. The number of carbonyl (C=O) groups is 1. The molecule has 0 atom stereocenters. The normalized spacial score (nSPS) is 11.2. The number of aromatic nitrogens is 3. The molecule has 0 aliphatic rings. The Hall–Kier alpha value is -3.72. The third-order valence-corrected chi connectivity index (χ3v) is 5.60. The van der Waals surface area contributed by atoms with Gasteiger partial charge in [-0.25, -0.2) is 4.79 Å². The van der Waals surface area contributed by atoms with Crippen molar-refractivity contribution in [3.05, 3.63) is 65.6 Å². The van der Waals surface area contributed by atoms with Crippen molar-refractivity contribution in [2.45, 2.75) is 18.6 Å². The predicted octanol–water partition coefficient (Wildman–Crippen LogP) is 4.76. The standard InChI is InChI=1S/C24H25N3O5S/c1-5-11-32-18-9-7-16(8-10-18)12-21(23(28)29)33-24-26-25-22(27(24)6-2)17-13-19(30-3)15-20(14-17)31-4/h5,7-10,12-15H,1,6,11H2,2-4H3,(H,28,29)/b21-12-. The molecule has 2 aromatic carbocycles. The minimum absolute atomic E-state index is 0.117. The highest BCUT2D eigenvalue weighted by molar-refractivity contribution is 8.04. The molecule has 0 fully saturated rings. The van der Waals surface area contributed by atoms with E-state index < -0.39 is 5.97 Å². The van der Waals surface area contributed by atoms with Crippen molar-refractivity contribution < 1.29 is 24.1 Å². The number of carboxylic acids is 1. The van der Waals surface area contributed by atoms with Gasteiger partial charge >= 0.3 is 5.97 Å². The van der Waals surface area contributed by atoms with Gasteiger partial charge in [0, 0.05) is 18.2 Å². The van der Waals surface area contributed by atoms with Gasteiger partial charge in [0.15, 0.2) is 11.0 Å². The molecule has 0 saturated heterocycles. The van der Waals surface area contributed by atoms with Crippen LogP contribution >= 0.6 is 11.8 Å². The maximum absolute atomic E-state index is 11.9. The third-order valence-electron chi connectivity index (χ3n) is 4.60. The first-order valence-corrected chi connectivity index (χ1v) is 10.9. The topological polar surface area (TPSA) is 95.7 Å². The van der Waals surface area contributed by atoms with Gasteiger partial charge in [0.25, 0.3) is 0 Å². The van der Waals surface area contributed by atoms with Crippen LogP contribution in [0.2, 0.25) is 0 Å². The summed E-state index contributed by atoms with van der Waals surface area (Å²) in [6.45, 7) is 6.51. The van der Waals surface area contributed by atoms with Crippen LogP contribution in [0.5, 0.6) is 17.2 Å². The van der Waals surface area contributed by atoms with Crippen LogP contribution in [0.15, 0.2) is 65.2 Å². The van der Waals surface area contributed by atoms with Crippen molar-refractivity contribution in [1.29, 1.82) is 0 Å². The molecule has 3 rings (SSSR count). The molecule has 172 valence electrons. The van der Waals surface area contributed by atoms with Gasteiger partial charge in [-0.15, -0.1) is 10.2 Å². The maximum atomic E-state index is 11.9. The number of benzene rings is 2. The number of nitrogens with zero attached hydrogens (tertiary/aromatic N) is 3. The van der Waals surface area contributed by atoms with Crippen molar-refractivity contribution in [1.82, 2.24) is 14.8 Å². The molecule has 33 heavy (non-hydrogen) atoms. The van der Waals surface area contributed by atoms with Crippen LogP contribution in [0, 0.1) is 0 Å². The summed E-state index contributed by atoms with van der Waals surface area (Å²) in [5.74, 6) is 1.46. The predicted molar refractivity (Wildman–Crippen MR) is 128 cm³/mol. The van der Waals surface area contributed by atoms with E-state index >= 15 is 0 Å². The lowest BCUT2D eigenvalue weighted by Gasteiger charge is -2.10. The van der Waals surface area contributed by atoms with Crippen LogP contribution in [0.4, 0.5) is 0 Å².